The van der Waals surface area contributed by atoms with E-state index in [1.807, 2.05) is 6.92 Å². The normalized spacial score (nSPS) is 11.1. The standard InChI is InChI=1S/C12H17NO4S/c1-7-5-9(18-8(7)6-10(14)15)13-11(16)17-12(2,3)4/h5H,6H2,1-4H3,(H,13,16)(H,14,15). The number of aryl methyl sites for hydroxylation is 1. The number of carbonyl (C=O) groups excluding carboxylic acids is 1. The quantitative estimate of drug-likeness (QED) is 0.886. The van der Waals surface area contributed by atoms with Gasteiger partial charge in [0.25, 0.3) is 0 Å². The van der Waals surface area contributed by atoms with E-state index in [0.717, 1.165) is 10.4 Å². The van der Waals surface area contributed by atoms with Crippen LogP contribution in [0.3, 0.4) is 0 Å². The van der Waals surface area contributed by atoms with Crippen LogP contribution in [0.4, 0.5) is 9.80 Å². The summed E-state index contributed by atoms with van der Waals surface area (Å²) in [7, 11) is 0. The van der Waals surface area contributed by atoms with Gasteiger partial charge in [-0.15, -0.1) is 11.3 Å². The van der Waals surface area contributed by atoms with E-state index in [1.165, 1.54) is 11.3 Å². The van der Waals surface area contributed by atoms with Crippen molar-refractivity contribution in [3.05, 3.63) is 16.5 Å². The number of carboxylic acid groups (broad SMARTS) is 1. The molecule has 2 N–H and O–H groups in total. The van der Waals surface area contributed by atoms with Gasteiger partial charge >= 0.3 is 12.1 Å². The van der Waals surface area contributed by atoms with Crippen LogP contribution in [-0.2, 0) is 16.0 Å². The van der Waals surface area contributed by atoms with E-state index in [2.05, 4.69) is 5.32 Å². The lowest BCUT2D eigenvalue weighted by Crippen LogP contribution is -2.26. The van der Waals surface area contributed by atoms with E-state index in [0.29, 0.717) is 5.00 Å². The second-order valence-corrected chi connectivity index (χ2v) is 6.05. The Morgan fingerprint density at radius 3 is 2.56 bits per heavy atom. The van der Waals surface area contributed by atoms with Gasteiger partial charge in [-0.25, -0.2) is 4.79 Å². The summed E-state index contributed by atoms with van der Waals surface area (Å²) in [4.78, 5) is 22.9. The molecule has 1 heterocycles. The molecule has 1 amide bonds. The van der Waals surface area contributed by atoms with Crippen molar-refractivity contribution in [3.8, 4) is 0 Å². The first-order chi connectivity index (χ1) is 8.17. The molecule has 0 aliphatic rings. The van der Waals surface area contributed by atoms with E-state index >= 15 is 0 Å². The molecule has 100 valence electrons. The van der Waals surface area contributed by atoms with Gasteiger partial charge < -0.3 is 9.84 Å². The number of aliphatic carboxylic acids is 1. The number of hydrogen-bond acceptors (Lipinski definition) is 4. The molecule has 1 aromatic rings. The SMILES string of the molecule is Cc1cc(NC(=O)OC(C)(C)C)sc1CC(=O)O. The first kappa shape index (κ1) is 14.5. The molecule has 0 aromatic carbocycles. The fourth-order valence-corrected chi connectivity index (χ4v) is 2.35. The molecule has 1 rings (SSSR count). The Bertz CT molecular complexity index is 459. The van der Waals surface area contributed by atoms with Gasteiger partial charge in [0.15, 0.2) is 0 Å². The van der Waals surface area contributed by atoms with Crippen LogP contribution in [0.2, 0.25) is 0 Å². The highest BCUT2D eigenvalue weighted by molar-refractivity contribution is 7.16. The lowest BCUT2D eigenvalue weighted by atomic mass is 10.2. The lowest BCUT2D eigenvalue weighted by molar-refractivity contribution is -0.136. The molecule has 0 saturated heterocycles. The number of nitrogens with one attached hydrogen (secondary N) is 1. The van der Waals surface area contributed by atoms with Crippen LogP contribution in [0.5, 0.6) is 0 Å². The van der Waals surface area contributed by atoms with E-state index < -0.39 is 17.7 Å². The molecule has 0 atom stereocenters. The van der Waals surface area contributed by atoms with Crippen molar-refractivity contribution in [2.45, 2.75) is 39.7 Å². The molecule has 0 bridgehead atoms. The summed E-state index contributed by atoms with van der Waals surface area (Å²) < 4.78 is 5.11. The largest absolute Gasteiger partial charge is 0.481 e. The Hall–Kier alpha value is -1.56. The average molecular weight is 271 g/mol. The molecular formula is C12H17NO4S. The fraction of sp³-hybridized carbons (Fsp3) is 0.500. The van der Waals surface area contributed by atoms with Crippen LogP contribution in [0.1, 0.15) is 31.2 Å². The molecule has 5 nitrogen and oxygen atoms in total. The van der Waals surface area contributed by atoms with Gasteiger partial charge in [0.05, 0.1) is 11.4 Å². The third kappa shape index (κ3) is 4.75. The van der Waals surface area contributed by atoms with E-state index in [9.17, 15) is 9.59 Å². The predicted molar refractivity (Wildman–Crippen MR) is 70.3 cm³/mol. The van der Waals surface area contributed by atoms with Crippen molar-refractivity contribution in [1.82, 2.24) is 0 Å². The number of rotatable bonds is 3. The van der Waals surface area contributed by atoms with Crippen molar-refractivity contribution in [1.29, 1.82) is 0 Å². The molecular weight excluding hydrogens is 254 g/mol. The monoisotopic (exact) mass is 271 g/mol. The predicted octanol–water partition coefficient (Wildman–Crippen LogP) is 3.03. The number of anilines is 1. The number of carboxylic acids is 1. The Morgan fingerprint density at radius 1 is 1.44 bits per heavy atom. The van der Waals surface area contributed by atoms with Crippen LogP contribution in [0.15, 0.2) is 6.07 Å². The summed E-state index contributed by atoms with van der Waals surface area (Å²) in [5.41, 5.74) is 0.300. The van der Waals surface area contributed by atoms with Crippen LogP contribution in [0, 0.1) is 6.92 Å². The van der Waals surface area contributed by atoms with Gasteiger partial charge in [0, 0.05) is 4.88 Å². The van der Waals surface area contributed by atoms with Gasteiger partial charge in [0.1, 0.15) is 5.60 Å². The summed E-state index contributed by atoms with van der Waals surface area (Å²) in [5.74, 6) is -0.885. The summed E-state index contributed by atoms with van der Waals surface area (Å²) in [6.45, 7) is 7.15. The number of thiophene rings is 1. The van der Waals surface area contributed by atoms with Gasteiger partial charge in [-0.2, -0.15) is 0 Å². The highest BCUT2D eigenvalue weighted by atomic mass is 32.1. The summed E-state index contributed by atoms with van der Waals surface area (Å²) in [6, 6.07) is 1.74. The molecule has 0 unspecified atom stereocenters. The van der Waals surface area contributed by atoms with E-state index in [-0.39, 0.29) is 6.42 Å². The minimum atomic E-state index is -0.885. The first-order valence-electron chi connectivity index (χ1n) is 5.48. The van der Waals surface area contributed by atoms with E-state index in [1.54, 1.807) is 26.8 Å². The lowest BCUT2D eigenvalue weighted by Gasteiger charge is -2.19. The average Bonchev–Trinajstić information content (AvgIpc) is 2.41. The summed E-state index contributed by atoms with van der Waals surface area (Å²) in [6.07, 6.45) is -0.572. The zero-order valence-corrected chi connectivity index (χ0v) is 11.7. The van der Waals surface area contributed by atoms with Gasteiger partial charge in [0.2, 0.25) is 0 Å². The molecule has 0 saturated carbocycles. The summed E-state index contributed by atoms with van der Waals surface area (Å²) >= 11 is 1.25. The molecule has 0 aliphatic heterocycles. The third-order valence-electron chi connectivity index (χ3n) is 1.96. The second-order valence-electron chi connectivity index (χ2n) is 4.91. The maximum atomic E-state index is 11.5. The third-order valence-corrected chi connectivity index (χ3v) is 3.11. The number of amides is 1. The second kappa shape index (κ2) is 5.39. The molecule has 0 aliphatic carbocycles. The molecule has 0 radical (unpaired) electrons. The van der Waals surface area contributed by atoms with Gasteiger partial charge in [-0.1, -0.05) is 0 Å². The van der Waals surface area contributed by atoms with Gasteiger partial charge in [-0.3, -0.25) is 10.1 Å². The zero-order valence-electron chi connectivity index (χ0n) is 10.9. The number of hydrogen-bond donors (Lipinski definition) is 2. The Labute approximate surface area is 110 Å². The highest BCUT2D eigenvalue weighted by Gasteiger charge is 2.17. The zero-order chi connectivity index (χ0) is 13.9. The number of carbonyl (C=O) groups is 2. The molecule has 6 heteroatoms. The smallest absolute Gasteiger partial charge is 0.412 e. The van der Waals surface area contributed by atoms with E-state index in [4.69, 9.17) is 9.84 Å². The van der Waals surface area contributed by atoms with Crippen LogP contribution >= 0.6 is 11.3 Å². The minimum Gasteiger partial charge on any atom is -0.481 e. The molecule has 1 aromatic heterocycles. The topological polar surface area (TPSA) is 75.6 Å². The number of ether oxygens (including phenoxy) is 1. The van der Waals surface area contributed by atoms with Crippen molar-refractivity contribution < 1.29 is 19.4 Å². The Morgan fingerprint density at radius 2 is 2.06 bits per heavy atom. The molecule has 0 spiro atoms. The Kier molecular flexibility index (Phi) is 4.34. The highest BCUT2D eigenvalue weighted by Crippen LogP contribution is 2.27. The van der Waals surface area contributed by atoms with Crippen molar-refractivity contribution in [2.75, 3.05) is 5.32 Å². The van der Waals surface area contributed by atoms with Crippen molar-refractivity contribution in [2.24, 2.45) is 0 Å². The van der Waals surface area contributed by atoms with Crippen LogP contribution in [0.25, 0.3) is 0 Å². The van der Waals surface area contributed by atoms with Crippen LogP contribution < -0.4 is 5.32 Å². The Balaban J connectivity index is 2.69. The van der Waals surface area contributed by atoms with Crippen molar-refractivity contribution in [3.63, 3.8) is 0 Å². The van der Waals surface area contributed by atoms with Crippen LogP contribution in [-0.4, -0.2) is 22.8 Å². The minimum absolute atomic E-state index is 0.0352. The van der Waals surface area contributed by atoms with Gasteiger partial charge in [-0.05, 0) is 39.3 Å². The maximum Gasteiger partial charge on any atom is 0.412 e. The first-order valence-corrected chi connectivity index (χ1v) is 6.30. The van der Waals surface area contributed by atoms with Crippen molar-refractivity contribution >= 4 is 28.4 Å². The maximum absolute atomic E-state index is 11.5. The fourth-order valence-electron chi connectivity index (χ4n) is 1.30. The molecule has 18 heavy (non-hydrogen) atoms. The molecule has 0 fully saturated rings. The summed E-state index contributed by atoms with van der Waals surface area (Å²) in [5, 5.41) is 11.9.